The number of carbonyl (C=O) groups excluding carboxylic acids is 1. The molecule has 8 nitrogen and oxygen atoms in total. The predicted octanol–water partition coefficient (Wildman–Crippen LogP) is -0.255. The average molecular weight is 315 g/mol. The van der Waals surface area contributed by atoms with Crippen molar-refractivity contribution < 1.29 is 24.6 Å². The van der Waals surface area contributed by atoms with E-state index >= 15 is 0 Å². The van der Waals surface area contributed by atoms with E-state index in [1.807, 2.05) is 0 Å². The predicted molar refractivity (Wildman–Crippen MR) is 75.1 cm³/mol. The van der Waals surface area contributed by atoms with Gasteiger partial charge >= 0.3 is 11.9 Å². The first-order valence-corrected chi connectivity index (χ1v) is 6.95. The molecule has 9 heteroatoms. The second-order valence-electron chi connectivity index (χ2n) is 4.63. The molecule has 0 aliphatic heterocycles. The van der Waals surface area contributed by atoms with Gasteiger partial charge in [0.1, 0.15) is 5.01 Å². The molecule has 21 heavy (non-hydrogen) atoms. The molecule has 1 amide bonds. The highest BCUT2D eigenvalue weighted by Gasteiger charge is 2.16. The van der Waals surface area contributed by atoms with Crippen LogP contribution < -0.4 is 0 Å². The molecule has 0 radical (unpaired) electrons. The highest BCUT2D eigenvalue weighted by Crippen LogP contribution is 2.13. The van der Waals surface area contributed by atoms with E-state index in [4.69, 9.17) is 10.2 Å². The van der Waals surface area contributed by atoms with E-state index in [-0.39, 0.29) is 32.0 Å². The molecule has 0 saturated carbocycles. The maximum atomic E-state index is 11.6. The van der Waals surface area contributed by atoms with Crippen molar-refractivity contribution in [2.75, 3.05) is 27.2 Å². The van der Waals surface area contributed by atoms with Crippen LogP contribution in [-0.4, -0.2) is 70.0 Å². The number of aliphatic carboxylic acids is 2. The van der Waals surface area contributed by atoms with E-state index in [1.165, 1.54) is 21.1 Å². The van der Waals surface area contributed by atoms with Gasteiger partial charge in [0.25, 0.3) is 0 Å². The second-order valence-corrected chi connectivity index (χ2v) is 5.57. The first-order valence-electron chi connectivity index (χ1n) is 6.07. The van der Waals surface area contributed by atoms with Crippen LogP contribution in [0.15, 0.2) is 5.38 Å². The Balaban J connectivity index is 2.67. The number of amides is 1. The third-order valence-corrected chi connectivity index (χ3v) is 3.40. The summed E-state index contributed by atoms with van der Waals surface area (Å²) < 4.78 is 0. The summed E-state index contributed by atoms with van der Waals surface area (Å²) in [6, 6.07) is 0. The van der Waals surface area contributed by atoms with Crippen molar-refractivity contribution in [3.63, 3.8) is 0 Å². The Morgan fingerprint density at radius 1 is 1.19 bits per heavy atom. The molecule has 0 fully saturated rings. The number of carboxylic acid groups (broad SMARTS) is 2. The molecule has 1 aromatic heterocycles. The van der Waals surface area contributed by atoms with E-state index in [9.17, 15) is 14.4 Å². The SMILES string of the molecule is CN(C)C(=O)Cc1nc(CN(CC(=O)O)CC(=O)O)cs1. The average Bonchev–Trinajstić information content (AvgIpc) is 2.74. The molecule has 0 unspecified atom stereocenters. The normalized spacial score (nSPS) is 10.6. The molecule has 0 atom stereocenters. The first-order chi connectivity index (χ1) is 9.77. The van der Waals surface area contributed by atoms with Gasteiger partial charge in [-0.05, 0) is 0 Å². The molecule has 0 aliphatic rings. The fourth-order valence-corrected chi connectivity index (χ4v) is 2.35. The van der Waals surface area contributed by atoms with E-state index < -0.39 is 11.9 Å². The lowest BCUT2D eigenvalue weighted by atomic mass is 10.3. The third-order valence-electron chi connectivity index (χ3n) is 2.50. The van der Waals surface area contributed by atoms with Gasteiger partial charge in [-0.1, -0.05) is 0 Å². The van der Waals surface area contributed by atoms with Gasteiger partial charge in [-0.25, -0.2) is 4.98 Å². The maximum Gasteiger partial charge on any atom is 0.317 e. The molecule has 0 spiro atoms. The van der Waals surface area contributed by atoms with E-state index in [0.29, 0.717) is 10.7 Å². The van der Waals surface area contributed by atoms with Gasteiger partial charge in [-0.2, -0.15) is 0 Å². The molecular weight excluding hydrogens is 298 g/mol. The van der Waals surface area contributed by atoms with Gasteiger partial charge in [-0.15, -0.1) is 11.3 Å². The number of aromatic nitrogens is 1. The number of carboxylic acids is 2. The Morgan fingerprint density at radius 2 is 1.76 bits per heavy atom. The Bertz CT molecular complexity index is 513. The standard InChI is InChI=1S/C12H17N3O5S/c1-14(2)10(16)3-9-13-8(7-21-9)4-15(5-11(17)18)6-12(19)20/h7H,3-6H2,1-2H3,(H,17,18)(H,19,20). The van der Waals surface area contributed by atoms with Gasteiger partial charge in [-0.3, -0.25) is 19.3 Å². The summed E-state index contributed by atoms with van der Waals surface area (Å²) in [5.41, 5.74) is 0.559. The molecule has 0 bridgehead atoms. The molecule has 0 aromatic carbocycles. The summed E-state index contributed by atoms with van der Waals surface area (Å²) in [5.74, 6) is -2.28. The molecule has 0 aliphatic carbocycles. The van der Waals surface area contributed by atoms with Crippen LogP contribution in [0.25, 0.3) is 0 Å². The van der Waals surface area contributed by atoms with Crippen LogP contribution in [0, 0.1) is 0 Å². The fourth-order valence-electron chi connectivity index (χ4n) is 1.57. The summed E-state index contributed by atoms with van der Waals surface area (Å²) in [6.07, 6.45) is 0.176. The largest absolute Gasteiger partial charge is 0.480 e. The van der Waals surface area contributed by atoms with Gasteiger partial charge in [0.05, 0.1) is 25.2 Å². The number of hydrogen-bond acceptors (Lipinski definition) is 6. The molecule has 1 heterocycles. The van der Waals surface area contributed by atoms with Crippen LogP contribution in [0.2, 0.25) is 0 Å². The van der Waals surface area contributed by atoms with E-state index in [2.05, 4.69) is 4.98 Å². The van der Waals surface area contributed by atoms with Crippen LogP contribution in [0.5, 0.6) is 0 Å². The van der Waals surface area contributed by atoms with Crippen LogP contribution in [0.4, 0.5) is 0 Å². The number of nitrogens with zero attached hydrogens (tertiary/aromatic N) is 3. The van der Waals surface area contributed by atoms with Crippen LogP contribution >= 0.6 is 11.3 Å². The topological polar surface area (TPSA) is 111 Å². The Morgan fingerprint density at radius 3 is 2.24 bits per heavy atom. The highest BCUT2D eigenvalue weighted by atomic mass is 32.1. The van der Waals surface area contributed by atoms with Crippen LogP contribution in [0.1, 0.15) is 10.7 Å². The zero-order valence-corrected chi connectivity index (χ0v) is 12.6. The molecule has 2 N–H and O–H groups in total. The fraction of sp³-hybridized carbons (Fsp3) is 0.500. The van der Waals surface area contributed by atoms with E-state index in [0.717, 1.165) is 0 Å². The zero-order valence-electron chi connectivity index (χ0n) is 11.8. The second kappa shape index (κ2) is 7.70. The zero-order chi connectivity index (χ0) is 16.0. The van der Waals surface area contributed by atoms with Crippen molar-refractivity contribution in [3.05, 3.63) is 16.1 Å². The Labute approximate surface area is 125 Å². The van der Waals surface area contributed by atoms with Crippen molar-refractivity contribution in [3.8, 4) is 0 Å². The van der Waals surface area contributed by atoms with Crippen molar-refractivity contribution >= 4 is 29.2 Å². The summed E-state index contributed by atoms with van der Waals surface area (Å²) in [6.45, 7) is -0.642. The van der Waals surface area contributed by atoms with Crippen molar-refractivity contribution in [1.82, 2.24) is 14.8 Å². The quantitative estimate of drug-likeness (QED) is 0.680. The van der Waals surface area contributed by atoms with Gasteiger partial charge < -0.3 is 15.1 Å². The van der Waals surface area contributed by atoms with E-state index in [1.54, 1.807) is 19.5 Å². The monoisotopic (exact) mass is 315 g/mol. The van der Waals surface area contributed by atoms with Gasteiger partial charge in [0, 0.05) is 26.0 Å². The number of likely N-dealkylation sites (N-methyl/N-ethyl adjacent to an activating group) is 1. The molecule has 1 rings (SSSR count). The minimum absolute atomic E-state index is 0.0798. The minimum Gasteiger partial charge on any atom is -0.480 e. The minimum atomic E-state index is -1.10. The number of thiazole rings is 1. The highest BCUT2D eigenvalue weighted by molar-refractivity contribution is 7.09. The van der Waals surface area contributed by atoms with Crippen LogP contribution in [0.3, 0.4) is 0 Å². The lowest BCUT2D eigenvalue weighted by Crippen LogP contribution is -2.34. The number of hydrogen-bond donors (Lipinski definition) is 2. The van der Waals surface area contributed by atoms with Crippen molar-refractivity contribution in [2.24, 2.45) is 0 Å². The lowest BCUT2D eigenvalue weighted by Gasteiger charge is -2.16. The smallest absolute Gasteiger partial charge is 0.317 e. The maximum absolute atomic E-state index is 11.6. The van der Waals surface area contributed by atoms with Gasteiger partial charge in [0.2, 0.25) is 5.91 Å². The summed E-state index contributed by atoms with van der Waals surface area (Å²) in [7, 11) is 3.30. The number of carbonyl (C=O) groups is 3. The van der Waals surface area contributed by atoms with Crippen molar-refractivity contribution in [1.29, 1.82) is 0 Å². The lowest BCUT2D eigenvalue weighted by molar-refractivity contribution is -0.142. The summed E-state index contributed by atoms with van der Waals surface area (Å²) >= 11 is 1.29. The molecular formula is C12H17N3O5S. The Kier molecular flexibility index (Phi) is 6.25. The molecule has 0 saturated heterocycles. The van der Waals surface area contributed by atoms with Crippen LogP contribution in [-0.2, 0) is 27.3 Å². The molecule has 116 valence electrons. The number of rotatable bonds is 8. The first kappa shape index (κ1) is 17.1. The summed E-state index contributed by atoms with van der Waals surface area (Å²) in [5, 5.41) is 19.8. The third kappa shape index (κ3) is 6.32. The van der Waals surface area contributed by atoms with Crippen molar-refractivity contribution in [2.45, 2.75) is 13.0 Å². The Hall–Kier alpha value is -2.00. The van der Waals surface area contributed by atoms with Gasteiger partial charge in [0.15, 0.2) is 0 Å². The molecule has 1 aromatic rings. The summed E-state index contributed by atoms with van der Waals surface area (Å²) in [4.78, 5) is 39.9.